The monoisotopic (exact) mass is 473 g/mol. The molecule has 0 heterocycles. The fourth-order valence-corrected chi connectivity index (χ4v) is 4.05. The molecule has 7 heteroatoms. The third-order valence-corrected chi connectivity index (χ3v) is 5.75. The molecule has 0 bridgehead atoms. The number of carbonyl (C=O) groups excluding carboxylic acids is 2. The lowest BCUT2D eigenvalue weighted by Gasteiger charge is -2.35. The Morgan fingerprint density at radius 3 is 2.70 bits per heavy atom. The van der Waals surface area contributed by atoms with E-state index < -0.39 is 0 Å². The van der Waals surface area contributed by atoms with Crippen molar-refractivity contribution in [2.75, 3.05) is 25.1 Å². The van der Waals surface area contributed by atoms with Crippen molar-refractivity contribution in [1.29, 1.82) is 0 Å². The van der Waals surface area contributed by atoms with Gasteiger partial charge in [-0.3, -0.25) is 9.69 Å². The van der Waals surface area contributed by atoms with Gasteiger partial charge in [0, 0.05) is 36.2 Å². The maximum absolute atomic E-state index is 12.1. The number of nitrogens with zero attached hydrogens (tertiary/aromatic N) is 1. The summed E-state index contributed by atoms with van der Waals surface area (Å²) < 4.78 is 6.29. The summed E-state index contributed by atoms with van der Waals surface area (Å²) in [5.41, 5.74) is 3.43. The summed E-state index contributed by atoms with van der Waals surface area (Å²) in [5.74, 6) is -0.281. The highest BCUT2D eigenvalue weighted by Crippen LogP contribution is 2.34. The van der Waals surface area contributed by atoms with E-state index in [4.69, 9.17) is 4.74 Å². The number of benzene rings is 2. The van der Waals surface area contributed by atoms with Gasteiger partial charge in [-0.1, -0.05) is 40.2 Å². The average molecular weight is 474 g/mol. The number of nitrogens with one attached hydrogen (secondary N) is 2. The van der Waals surface area contributed by atoms with Crippen LogP contribution in [0.4, 0.5) is 10.5 Å². The van der Waals surface area contributed by atoms with Crippen LogP contribution in [0.1, 0.15) is 43.4 Å². The van der Waals surface area contributed by atoms with Crippen molar-refractivity contribution in [3.63, 3.8) is 0 Å². The van der Waals surface area contributed by atoms with Gasteiger partial charge in [-0.2, -0.15) is 0 Å². The SMILES string of the molecule is CC(=O)OCN(CCCNC(=O)Nc1ccc(Br)cc1)C1CCCc2ccccc21. The third-order valence-electron chi connectivity index (χ3n) is 5.22. The molecule has 2 aromatic rings. The first kappa shape index (κ1) is 22.3. The van der Waals surface area contributed by atoms with Crippen LogP contribution in [0.2, 0.25) is 0 Å². The minimum absolute atomic E-state index is 0.228. The first-order valence-corrected chi connectivity index (χ1v) is 11.1. The smallest absolute Gasteiger partial charge is 0.319 e. The Kier molecular flexibility index (Phi) is 8.28. The molecule has 6 nitrogen and oxygen atoms in total. The van der Waals surface area contributed by atoms with E-state index in [0.29, 0.717) is 6.54 Å². The van der Waals surface area contributed by atoms with E-state index in [1.807, 2.05) is 24.3 Å². The molecular formula is C23H28BrN3O3. The highest BCUT2D eigenvalue weighted by molar-refractivity contribution is 9.10. The number of hydrogen-bond donors (Lipinski definition) is 2. The molecule has 1 unspecified atom stereocenters. The van der Waals surface area contributed by atoms with Gasteiger partial charge in [0.15, 0.2) is 0 Å². The van der Waals surface area contributed by atoms with Crippen LogP contribution in [0.5, 0.6) is 0 Å². The van der Waals surface area contributed by atoms with Gasteiger partial charge in [-0.05, 0) is 61.1 Å². The van der Waals surface area contributed by atoms with Crippen molar-refractivity contribution < 1.29 is 14.3 Å². The second-order valence-electron chi connectivity index (χ2n) is 7.43. The van der Waals surface area contributed by atoms with Crippen LogP contribution < -0.4 is 10.6 Å². The lowest BCUT2D eigenvalue weighted by Crippen LogP contribution is -2.37. The molecular weight excluding hydrogens is 446 g/mol. The zero-order chi connectivity index (χ0) is 21.3. The topological polar surface area (TPSA) is 70.7 Å². The molecule has 1 aliphatic rings. The minimum atomic E-state index is -0.281. The number of anilines is 1. The van der Waals surface area contributed by atoms with E-state index in [2.05, 4.69) is 55.7 Å². The van der Waals surface area contributed by atoms with Crippen molar-refractivity contribution >= 4 is 33.6 Å². The molecule has 0 spiro atoms. The number of amides is 2. The summed E-state index contributed by atoms with van der Waals surface area (Å²) in [6.45, 7) is 2.96. The summed E-state index contributed by atoms with van der Waals surface area (Å²) in [6, 6.07) is 15.9. The standard InChI is InChI=1S/C23H28BrN3O3/c1-17(28)30-16-27(22-9-4-7-18-6-2-3-8-21(18)22)15-5-14-25-23(29)26-20-12-10-19(24)11-13-20/h2-3,6,8,10-13,22H,4-5,7,9,14-16H2,1H3,(H2,25,26,29). The Bertz CT molecular complexity index is 857. The van der Waals surface area contributed by atoms with Gasteiger partial charge in [-0.15, -0.1) is 0 Å². The summed E-state index contributed by atoms with van der Waals surface area (Å²) in [6.07, 6.45) is 4.00. The molecule has 30 heavy (non-hydrogen) atoms. The van der Waals surface area contributed by atoms with Gasteiger partial charge in [0.1, 0.15) is 6.73 Å². The molecule has 160 valence electrons. The molecule has 0 fully saturated rings. The molecule has 0 saturated carbocycles. The van der Waals surface area contributed by atoms with Crippen molar-refractivity contribution in [3.8, 4) is 0 Å². The first-order valence-electron chi connectivity index (χ1n) is 10.3. The highest BCUT2D eigenvalue weighted by atomic mass is 79.9. The molecule has 2 amide bonds. The molecule has 3 rings (SSSR count). The van der Waals surface area contributed by atoms with E-state index in [9.17, 15) is 9.59 Å². The van der Waals surface area contributed by atoms with Gasteiger partial charge >= 0.3 is 12.0 Å². The van der Waals surface area contributed by atoms with Gasteiger partial charge in [0.2, 0.25) is 0 Å². The van der Waals surface area contributed by atoms with Crippen LogP contribution in [-0.4, -0.2) is 36.7 Å². The maximum Gasteiger partial charge on any atom is 0.319 e. The predicted molar refractivity (Wildman–Crippen MR) is 121 cm³/mol. The number of ether oxygens (including phenoxy) is 1. The lowest BCUT2D eigenvalue weighted by atomic mass is 9.87. The molecule has 2 N–H and O–H groups in total. The summed E-state index contributed by atoms with van der Waals surface area (Å²) >= 11 is 3.38. The molecule has 0 saturated heterocycles. The molecule has 0 aliphatic heterocycles. The number of urea groups is 1. The summed E-state index contributed by atoms with van der Waals surface area (Å²) in [5, 5.41) is 5.71. The van der Waals surface area contributed by atoms with Crippen LogP contribution in [0.15, 0.2) is 53.0 Å². The third kappa shape index (κ3) is 6.57. The van der Waals surface area contributed by atoms with Crippen molar-refractivity contribution in [2.45, 2.75) is 38.6 Å². The van der Waals surface area contributed by atoms with E-state index in [0.717, 1.165) is 42.4 Å². The number of esters is 1. The predicted octanol–water partition coefficient (Wildman–Crippen LogP) is 4.86. The highest BCUT2D eigenvalue weighted by Gasteiger charge is 2.26. The second kappa shape index (κ2) is 11.1. The molecule has 0 aromatic heterocycles. The minimum Gasteiger partial charge on any atom is -0.450 e. The van der Waals surface area contributed by atoms with Crippen LogP contribution >= 0.6 is 15.9 Å². The van der Waals surface area contributed by atoms with Gasteiger partial charge in [0.25, 0.3) is 0 Å². The zero-order valence-corrected chi connectivity index (χ0v) is 18.8. The zero-order valence-electron chi connectivity index (χ0n) is 17.2. The largest absolute Gasteiger partial charge is 0.450 e. The van der Waals surface area contributed by atoms with Crippen LogP contribution in [-0.2, 0) is 16.0 Å². The summed E-state index contributed by atoms with van der Waals surface area (Å²) in [7, 11) is 0. The van der Waals surface area contributed by atoms with Crippen molar-refractivity contribution in [2.24, 2.45) is 0 Å². The number of fused-ring (bicyclic) bond motifs is 1. The molecule has 0 radical (unpaired) electrons. The Balaban J connectivity index is 1.52. The Hall–Kier alpha value is -2.38. The Morgan fingerprint density at radius 1 is 1.17 bits per heavy atom. The van der Waals surface area contributed by atoms with Crippen LogP contribution in [0.3, 0.4) is 0 Å². The van der Waals surface area contributed by atoms with E-state index in [1.54, 1.807) is 0 Å². The van der Waals surface area contributed by atoms with Crippen molar-refractivity contribution in [1.82, 2.24) is 10.2 Å². The summed E-state index contributed by atoms with van der Waals surface area (Å²) in [4.78, 5) is 25.7. The number of hydrogen-bond acceptors (Lipinski definition) is 4. The maximum atomic E-state index is 12.1. The molecule has 1 aliphatic carbocycles. The Morgan fingerprint density at radius 2 is 1.93 bits per heavy atom. The average Bonchev–Trinajstić information content (AvgIpc) is 2.74. The lowest BCUT2D eigenvalue weighted by molar-refractivity contribution is -0.147. The quantitative estimate of drug-likeness (QED) is 0.326. The van der Waals surface area contributed by atoms with Crippen molar-refractivity contribution in [3.05, 3.63) is 64.1 Å². The van der Waals surface area contributed by atoms with Gasteiger partial charge < -0.3 is 15.4 Å². The molecule has 2 aromatic carbocycles. The Labute approximate surface area is 186 Å². The number of carbonyl (C=O) groups is 2. The van der Waals surface area contributed by atoms with Gasteiger partial charge in [0.05, 0.1) is 0 Å². The number of halogens is 1. The normalized spacial score (nSPS) is 15.4. The molecule has 1 atom stereocenters. The fourth-order valence-electron chi connectivity index (χ4n) is 3.78. The second-order valence-corrected chi connectivity index (χ2v) is 8.34. The first-order chi connectivity index (χ1) is 14.5. The van der Waals surface area contributed by atoms with E-state index in [-0.39, 0.29) is 24.8 Å². The number of aryl methyl sites for hydroxylation is 1. The van der Waals surface area contributed by atoms with E-state index in [1.165, 1.54) is 18.1 Å². The van der Waals surface area contributed by atoms with Crippen LogP contribution in [0, 0.1) is 0 Å². The number of rotatable bonds is 8. The van der Waals surface area contributed by atoms with E-state index >= 15 is 0 Å². The fraction of sp³-hybridized carbons (Fsp3) is 0.391. The van der Waals surface area contributed by atoms with Crippen LogP contribution in [0.25, 0.3) is 0 Å². The van der Waals surface area contributed by atoms with Gasteiger partial charge in [-0.25, -0.2) is 4.79 Å².